The van der Waals surface area contributed by atoms with Gasteiger partial charge in [-0.25, -0.2) is 13.2 Å². The van der Waals surface area contributed by atoms with Crippen molar-refractivity contribution in [2.75, 3.05) is 12.3 Å². The van der Waals surface area contributed by atoms with Crippen molar-refractivity contribution in [3.63, 3.8) is 0 Å². The molecule has 1 fully saturated rings. The molecular weight excluding hydrogens is 386 g/mol. The molecule has 0 bridgehead atoms. The Morgan fingerprint density at radius 3 is 2.57 bits per heavy atom. The van der Waals surface area contributed by atoms with Crippen molar-refractivity contribution < 1.29 is 27.5 Å². The van der Waals surface area contributed by atoms with Crippen LogP contribution >= 0.6 is 0 Å². The third-order valence-electron chi connectivity index (χ3n) is 4.39. The first-order valence-corrected chi connectivity index (χ1v) is 10.7. The topological polar surface area (TPSA) is 122 Å². The highest BCUT2D eigenvalue weighted by Gasteiger charge is 2.39. The lowest BCUT2D eigenvalue weighted by Gasteiger charge is -2.23. The Hall–Kier alpha value is -2.46. The minimum atomic E-state index is -3.53. The maximum atomic E-state index is 12.3. The number of nitrogens with one attached hydrogen (secondary N) is 2. The number of sulfonamides is 1. The molecule has 1 aliphatic rings. The van der Waals surface area contributed by atoms with Crippen molar-refractivity contribution in [3.05, 3.63) is 35.9 Å². The Labute approximate surface area is 164 Å². The van der Waals surface area contributed by atoms with Crippen LogP contribution in [0, 0.1) is 0 Å². The van der Waals surface area contributed by atoms with Gasteiger partial charge in [0, 0.05) is 13.1 Å². The Kier molecular flexibility index (Phi) is 7.53. The first-order valence-electron chi connectivity index (χ1n) is 9.07. The average molecular weight is 411 g/mol. The summed E-state index contributed by atoms with van der Waals surface area (Å²) < 4.78 is 30.3. The molecule has 10 heteroatoms. The van der Waals surface area contributed by atoms with Gasteiger partial charge in [0.2, 0.25) is 10.0 Å². The van der Waals surface area contributed by atoms with Crippen molar-refractivity contribution >= 4 is 27.9 Å². The molecule has 2 atom stereocenters. The van der Waals surface area contributed by atoms with Gasteiger partial charge < -0.3 is 10.1 Å². The van der Waals surface area contributed by atoms with Crippen molar-refractivity contribution in [2.45, 2.75) is 45.4 Å². The fourth-order valence-corrected chi connectivity index (χ4v) is 4.13. The highest BCUT2D eigenvalue weighted by Crippen LogP contribution is 2.22. The molecule has 154 valence electrons. The summed E-state index contributed by atoms with van der Waals surface area (Å²) in [5.74, 6) is -1.70. The van der Waals surface area contributed by atoms with E-state index in [-0.39, 0.29) is 18.8 Å². The van der Waals surface area contributed by atoms with Crippen LogP contribution in [0.15, 0.2) is 30.3 Å². The summed E-state index contributed by atoms with van der Waals surface area (Å²) >= 11 is 0. The van der Waals surface area contributed by atoms with Gasteiger partial charge in [0.05, 0.1) is 5.75 Å². The van der Waals surface area contributed by atoms with E-state index in [4.69, 9.17) is 4.74 Å². The molecule has 3 amide bonds. The van der Waals surface area contributed by atoms with Crippen LogP contribution in [0.5, 0.6) is 0 Å². The number of esters is 1. The average Bonchev–Trinajstić information content (AvgIpc) is 3.18. The van der Waals surface area contributed by atoms with E-state index < -0.39 is 40.1 Å². The fraction of sp³-hybridized carbons (Fsp3) is 0.500. The van der Waals surface area contributed by atoms with E-state index in [0.717, 1.165) is 9.87 Å². The maximum Gasteiger partial charge on any atom is 0.325 e. The van der Waals surface area contributed by atoms with Gasteiger partial charge in [0.15, 0.2) is 6.10 Å². The van der Waals surface area contributed by atoms with E-state index in [9.17, 15) is 22.8 Å². The van der Waals surface area contributed by atoms with Crippen molar-refractivity contribution in [2.24, 2.45) is 0 Å². The van der Waals surface area contributed by atoms with Crippen molar-refractivity contribution in [1.82, 2.24) is 14.9 Å². The van der Waals surface area contributed by atoms with Gasteiger partial charge in [-0.2, -0.15) is 4.31 Å². The molecule has 0 spiro atoms. The molecule has 1 saturated heterocycles. The molecule has 2 N–H and O–H groups in total. The molecule has 2 rings (SSSR count). The number of benzene rings is 1. The van der Waals surface area contributed by atoms with Crippen molar-refractivity contribution in [3.8, 4) is 0 Å². The van der Waals surface area contributed by atoms with Crippen LogP contribution in [0.2, 0.25) is 0 Å². The lowest BCUT2D eigenvalue weighted by Crippen LogP contribution is -2.47. The fourth-order valence-electron chi connectivity index (χ4n) is 2.82. The Bertz CT molecular complexity index is 812. The van der Waals surface area contributed by atoms with E-state index in [1.165, 1.54) is 13.8 Å². The van der Waals surface area contributed by atoms with Gasteiger partial charge in [0.25, 0.3) is 5.91 Å². The number of hydrogen-bond acceptors (Lipinski definition) is 6. The number of carbonyl (C=O) groups is 3. The normalized spacial score (nSPS) is 18.3. The number of ether oxygens (including phenoxy) is 1. The predicted octanol–water partition coefficient (Wildman–Crippen LogP) is 0.758. The van der Waals surface area contributed by atoms with Crippen LogP contribution in [0.25, 0.3) is 0 Å². The van der Waals surface area contributed by atoms with E-state index in [1.54, 1.807) is 0 Å². The summed E-state index contributed by atoms with van der Waals surface area (Å²) in [6, 6.07) is 7.49. The highest BCUT2D eigenvalue weighted by molar-refractivity contribution is 7.89. The molecule has 1 aliphatic heterocycles. The second-order valence-corrected chi connectivity index (χ2v) is 8.62. The smallest absolute Gasteiger partial charge is 0.325 e. The van der Waals surface area contributed by atoms with E-state index in [2.05, 4.69) is 10.6 Å². The molecule has 1 aromatic carbocycles. The second-order valence-electron chi connectivity index (χ2n) is 6.41. The first kappa shape index (κ1) is 21.8. The molecular formula is C18H25N3O6S. The molecule has 0 unspecified atom stereocenters. The number of hydrogen-bond donors (Lipinski definition) is 2. The number of carbonyl (C=O) groups excluding carboxylic acids is 3. The highest BCUT2D eigenvalue weighted by atomic mass is 32.2. The molecule has 0 aliphatic carbocycles. The quantitative estimate of drug-likeness (QED) is 0.639. The van der Waals surface area contributed by atoms with Gasteiger partial charge in [0.1, 0.15) is 6.04 Å². The number of rotatable bonds is 7. The van der Waals surface area contributed by atoms with Crippen LogP contribution in [0.4, 0.5) is 4.79 Å². The summed E-state index contributed by atoms with van der Waals surface area (Å²) in [5, 5.41) is 4.63. The van der Waals surface area contributed by atoms with Gasteiger partial charge in [-0.15, -0.1) is 0 Å². The number of urea groups is 1. The zero-order valence-corrected chi connectivity index (χ0v) is 16.7. The minimum Gasteiger partial charge on any atom is -0.451 e. The molecule has 0 aromatic heterocycles. The van der Waals surface area contributed by atoms with Gasteiger partial charge in [-0.3, -0.25) is 14.9 Å². The lowest BCUT2D eigenvalue weighted by atomic mass is 10.2. The lowest BCUT2D eigenvalue weighted by molar-refractivity contribution is -0.157. The summed E-state index contributed by atoms with van der Waals surface area (Å²) in [5.41, 5.74) is 0.864. The molecule has 0 saturated carbocycles. The first-order chi connectivity index (χ1) is 13.2. The van der Waals surface area contributed by atoms with Crippen LogP contribution in [-0.4, -0.2) is 55.1 Å². The predicted molar refractivity (Wildman–Crippen MR) is 102 cm³/mol. The van der Waals surface area contributed by atoms with Crippen LogP contribution in [0.1, 0.15) is 32.3 Å². The van der Waals surface area contributed by atoms with E-state index >= 15 is 0 Å². The molecule has 1 heterocycles. The summed E-state index contributed by atoms with van der Waals surface area (Å²) in [4.78, 5) is 36.2. The zero-order valence-electron chi connectivity index (χ0n) is 15.9. The number of imide groups is 1. The largest absolute Gasteiger partial charge is 0.451 e. The third kappa shape index (κ3) is 5.77. The zero-order chi connectivity index (χ0) is 20.7. The molecule has 0 radical (unpaired) electrons. The van der Waals surface area contributed by atoms with Gasteiger partial charge in [-0.1, -0.05) is 30.3 Å². The summed E-state index contributed by atoms with van der Waals surface area (Å²) in [6.45, 7) is 3.31. The SMILES string of the molecule is CCS(=O)(=O)N1CCC[C@H]1C(=O)O[C@@H](C)C(=O)NC(=O)NCc1ccccc1. The molecule has 9 nitrogen and oxygen atoms in total. The van der Waals surface area contributed by atoms with Crippen LogP contribution in [-0.2, 0) is 30.9 Å². The Morgan fingerprint density at radius 2 is 1.93 bits per heavy atom. The monoisotopic (exact) mass is 411 g/mol. The number of nitrogens with zero attached hydrogens (tertiary/aromatic N) is 1. The van der Waals surface area contributed by atoms with Gasteiger partial charge in [-0.05, 0) is 32.3 Å². The summed E-state index contributed by atoms with van der Waals surface area (Å²) in [6.07, 6.45) is -0.354. The van der Waals surface area contributed by atoms with Crippen LogP contribution in [0.3, 0.4) is 0 Å². The Balaban J connectivity index is 1.84. The van der Waals surface area contributed by atoms with Crippen LogP contribution < -0.4 is 10.6 Å². The van der Waals surface area contributed by atoms with E-state index in [1.807, 2.05) is 30.3 Å². The number of amides is 3. The van der Waals surface area contributed by atoms with Gasteiger partial charge >= 0.3 is 12.0 Å². The second kappa shape index (κ2) is 9.65. The summed E-state index contributed by atoms with van der Waals surface area (Å²) in [7, 11) is -3.53. The molecule has 1 aromatic rings. The Morgan fingerprint density at radius 1 is 1.25 bits per heavy atom. The standard InChI is InChI=1S/C18H25N3O6S/c1-3-28(25,26)21-11-7-10-15(21)17(23)27-13(2)16(22)20-18(24)19-12-14-8-5-4-6-9-14/h4-6,8-9,13,15H,3,7,10-12H2,1-2H3,(H2,19,20,22,24)/t13-,15-/m0/s1. The third-order valence-corrected chi connectivity index (χ3v) is 6.27. The minimum absolute atomic E-state index is 0.117. The van der Waals surface area contributed by atoms with Crippen molar-refractivity contribution in [1.29, 1.82) is 0 Å². The van der Waals surface area contributed by atoms with E-state index in [0.29, 0.717) is 12.8 Å². The molecule has 28 heavy (non-hydrogen) atoms. The maximum absolute atomic E-state index is 12.3.